The zero-order valence-electron chi connectivity index (χ0n) is 17.4. The first-order chi connectivity index (χ1) is 15.7. The van der Waals surface area contributed by atoms with E-state index < -0.39 is 12.1 Å². The van der Waals surface area contributed by atoms with Gasteiger partial charge in [-0.1, -0.05) is 6.07 Å². The van der Waals surface area contributed by atoms with Crippen LogP contribution in [0, 0.1) is 5.82 Å². The van der Waals surface area contributed by atoms with Crippen LogP contribution in [0.4, 0.5) is 17.6 Å². The summed E-state index contributed by atoms with van der Waals surface area (Å²) in [5, 5.41) is 9.25. The monoisotopic (exact) mass is 483 g/mol. The van der Waals surface area contributed by atoms with Gasteiger partial charge in [0.05, 0.1) is 18.4 Å². The summed E-state index contributed by atoms with van der Waals surface area (Å²) in [6.07, 6.45) is -2.18. The molecule has 33 heavy (non-hydrogen) atoms. The number of carboxylic acids is 1. The van der Waals surface area contributed by atoms with Crippen LogP contribution >= 0.6 is 11.3 Å². The smallest absolute Gasteiger partial charge is 0.475 e. The van der Waals surface area contributed by atoms with Gasteiger partial charge in [-0.2, -0.15) is 13.2 Å². The first-order valence-corrected chi connectivity index (χ1v) is 11.0. The van der Waals surface area contributed by atoms with Crippen LogP contribution in [0.15, 0.2) is 48.0 Å². The molecule has 6 nitrogen and oxygen atoms in total. The van der Waals surface area contributed by atoms with Crippen LogP contribution in [0.5, 0.6) is 0 Å². The minimum atomic E-state index is -5.08. The highest BCUT2D eigenvalue weighted by Crippen LogP contribution is 2.35. The second-order valence-corrected chi connectivity index (χ2v) is 9.00. The van der Waals surface area contributed by atoms with Gasteiger partial charge in [-0.05, 0) is 47.7 Å². The maximum Gasteiger partial charge on any atom is 0.490 e. The predicted octanol–water partition coefficient (Wildman–Crippen LogP) is 4.56. The van der Waals surface area contributed by atoms with E-state index in [1.54, 1.807) is 0 Å². The van der Waals surface area contributed by atoms with Crippen LogP contribution in [-0.4, -0.2) is 50.4 Å². The van der Waals surface area contributed by atoms with E-state index in [2.05, 4.69) is 32.0 Å². The number of aliphatic carboxylic acids is 1. The average molecular weight is 483 g/mol. The number of carbonyl (C=O) groups is 1. The molecule has 0 bridgehead atoms. The van der Waals surface area contributed by atoms with Gasteiger partial charge in [-0.3, -0.25) is 4.90 Å². The van der Waals surface area contributed by atoms with Gasteiger partial charge in [0.1, 0.15) is 23.8 Å². The molecule has 2 aliphatic heterocycles. The normalized spacial score (nSPS) is 20.4. The Morgan fingerprint density at radius 2 is 1.94 bits per heavy atom. The lowest BCUT2D eigenvalue weighted by atomic mass is 10.0. The van der Waals surface area contributed by atoms with E-state index in [1.807, 2.05) is 29.7 Å². The van der Waals surface area contributed by atoms with Crippen molar-refractivity contribution in [2.75, 3.05) is 13.1 Å². The van der Waals surface area contributed by atoms with E-state index in [0.717, 1.165) is 49.7 Å². The van der Waals surface area contributed by atoms with Gasteiger partial charge in [0, 0.05) is 24.5 Å². The van der Waals surface area contributed by atoms with Gasteiger partial charge in [0.25, 0.3) is 0 Å². The van der Waals surface area contributed by atoms with E-state index in [-0.39, 0.29) is 11.4 Å². The number of halogens is 4. The number of carboxylic acid groups (broad SMARTS) is 1. The van der Waals surface area contributed by atoms with Crippen molar-refractivity contribution in [3.63, 3.8) is 0 Å². The van der Waals surface area contributed by atoms with Gasteiger partial charge in [-0.15, -0.1) is 11.3 Å². The SMILES string of the molecule is Fc1ccc(-c2cnc3n2CC2(CCN(Cc4cccs4)C2)OC3)cc1.O=C(O)C(F)(F)F. The average Bonchev–Trinajstić information content (AvgIpc) is 3.50. The van der Waals surface area contributed by atoms with E-state index in [1.165, 1.54) is 17.0 Å². The molecule has 3 aromatic rings. The molecule has 0 aliphatic carbocycles. The van der Waals surface area contributed by atoms with Crippen LogP contribution in [0.3, 0.4) is 0 Å². The Hall–Kier alpha value is -2.76. The Labute approximate surface area is 191 Å². The minimum absolute atomic E-state index is 0.153. The zero-order valence-corrected chi connectivity index (χ0v) is 18.2. The molecular formula is C22H21F4N3O3S. The van der Waals surface area contributed by atoms with Crippen LogP contribution in [-0.2, 0) is 29.2 Å². The molecular weight excluding hydrogens is 462 g/mol. The van der Waals surface area contributed by atoms with Gasteiger partial charge in [0.15, 0.2) is 0 Å². The highest BCUT2D eigenvalue weighted by molar-refractivity contribution is 7.09. The number of ether oxygens (including phenoxy) is 1. The van der Waals surface area contributed by atoms with Crippen molar-refractivity contribution in [3.05, 3.63) is 64.5 Å². The molecule has 1 unspecified atom stereocenters. The first kappa shape index (κ1) is 23.4. The Morgan fingerprint density at radius 1 is 1.21 bits per heavy atom. The lowest BCUT2D eigenvalue weighted by Crippen LogP contribution is -2.44. The number of imidazole rings is 1. The number of fused-ring (bicyclic) bond motifs is 1. The van der Waals surface area contributed by atoms with Crippen LogP contribution < -0.4 is 0 Å². The van der Waals surface area contributed by atoms with Crippen molar-refractivity contribution < 1.29 is 32.2 Å². The highest BCUT2D eigenvalue weighted by atomic mass is 32.1. The number of nitrogens with zero attached hydrogens (tertiary/aromatic N) is 3. The maximum atomic E-state index is 13.3. The van der Waals surface area contributed by atoms with Crippen molar-refractivity contribution in [2.45, 2.75) is 37.9 Å². The third kappa shape index (κ3) is 5.43. The molecule has 0 radical (unpaired) electrons. The lowest BCUT2D eigenvalue weighted by Gasteiger charge is -2.35. The molecule has 1 aromatic carbocycles. The van der Waals surface area contributed by atoms with Gasteiger partial charge >= 0.3 is 12.1 Å². The molecule has 0 saturated carbocycles. The summed E-state index contributed by atoms with van der Waals surface area (Å²) >= 11 is 1.81. The molecule has 11 heteroatoms. The highest BCUT2D eigenvalue weighted by Gasteiger charge is 2.43. The van der Waals surface area contributed by atoms with Crippen molar-refractivity contribution in [1.29, 1.82) is 0 Å². The topological polar surface area (TPSA) is 67.6 Å². The van der Waals surface area contributed by atoms with Crippen molar-refractivity contribution >= 4 is 17.3 Å². The minimum Gasteiger partial charge on any atom is -0.475 e. The van der Waals surface area contributed by atoms with E-state index in [4.69, 9.17) is 14.6 Å². The predicted molar refractivity (Wildman–Crippen MR) is 113 cm³/mol. The molecule has 1 N–H and O–H groups in total. The fraction of sp³-hybridized carbons (Fsp3) is 0.364. The molecule has 2 aromatic heterocycles. The molecule has 5 rings (SSSR count). The fourth-order valence-electron chi connectivity index (χ4n) is 4.04. The first-order valence-electron chi connectivity index (χ1n) is 10.1. The number of hydrogen-bond acceptors (Lipinski definition) is 5. The maximum absolute atomic E-state index is 13.3. The van der Waals surface area contributed by atoms with Crippen LogP contribution in [0.2, 0.25) is 0 Å². The van der Waals surface area contributed by atoms with Gasteiger partial charge < -0.3 is 14.4 Å². The summed E-state index contributed by atoms with van der Waals surface area (Å²) in [6.45, 7) is 4.31. The van der Waals surface area contributed by atoms with Crippen LogP contribution in [0.1, 0.15) is 17.1 Å². The molecule has 4 heterocycles. The van der Waals surface area contributed by atoms with E-state index in [0.29, 0.717) is 6.61 Å². The molecule has 1 fully saturated rings. The number of thiophene rings is 1. The third-order valence-corrected chi connectivity index (χ3v) is 6.49. The Balaban J connectivity index is 0.000000325. The van der Waals surface area contributed by atoms with E-state index >= 15 is 0 Å². The fourth-order valence-corrected chi connectivity index (χ4v) is 4.79. The number of likely N-dealkylation sites (tertiary alicyclic amines) is 1. The zero-order chi connectivity index (χ0) is 23.6. The third-order valence-electron chi connectivity index (χ3n) is 5.63. The second-order valence-electron chi connectivity index (χ2n) is 7.97. The Kier molecular flexibility index (Phi) is 6.55. The molecule has 1 spiro atoms. The van der Waals surface area contributed by atoms with Crippen molar-refractivity contribution in [1.82, 2.24) is 14.5 Å². The summed E-state index contributed by atoms with van der Waals surface area (Å²) < 4.78 is 53.5. The second kappa shape index (κ2) is 9.24. The molecule has 0 amide bonds. The van der Waals surface area contributed by atoms with Crippen molar-refractivity contribution in [2.24, 2.45) is 0 Å². The van der Waals surface area contributed by atoms with Gasteiger partial charge in [0.2, 0.25) is 0 Å². The van der Waals surface area contributed by atoms with Crippen LogP contribution in [0.25, 0.3) is 11.3 Å². The number of aromatic nitrogens is 2. The molecule has 176 valence electrons. The summed E-state index contributed by atoms with van der Waals surface area (Å²) in [5.41, 5.74) is 1.88. The Morgan fingerprint density at radius 3 is 2.58 bits per heavy atom. The van der Waals surface area contributed by atoms with Gasteiger partial charge in [-0.25, -0.2) is 14.2 Å². The quantitative estimate of drug-likeness (QED) is 0.554. The number of hydrogen-bond donors (Lipinski definition) is 1. The standard InChI is InChI=1S/C20H20FN3OS.C2HF3O2/c21-16-5-3-15(4-6-16)18-10-22-19-12-25-20(14-24(18)19)7-8-23(13-20)11-17-2-1-9-26-17;3-2(4,5)1(6)7/h1-6,9-10H,7-8,11-14H2;(H,6,7). The van der Waals surface area contributed by atoms with Crippen molar-refractivity contribution in [3.8, 4) is 11.3 Å². The molecule has 1 saturated heterocycles. The molecule has 2 aliphatic rings. The summed E-state index contributed by atoms with van der Waals surface area (Å²) in [7, 11) is 0. The summed E-state index contributed by atoms with van der Waals surface area (Å²) in [6, 6.07) is 10.9. The molecule has 1 atom stereocenters. The summed E-state index contributed by atoms with van der Waals surface area (Å²) in [5.74, 6) is -2.02. The number of alkyl halides is 3. The number of benzene rings is 1. The summed E-state index contributed by atoms with van der Waals surface area (Å²) in [4.78, 5) is 17.3. The Bertz CT molecular complexity index is 1100. The van der Waals surface area contributed by atoms with E-state index in [9.17, 15) is 17.6 Å². The largest absolute Gasteiger partial charge is 0.490 e. The number of rotatable bonds is 3. The lowest BCUT2D eigenvalue weighted by molar-refractivity contribution is -0.192.